The molecule has 1 rings (SSSR count). The van der Waals surface area contributed by atoms with Gasteiger partial charge < -0.3 is 10.4 Å². The first-order chi connectivity index (χ1) is 7.17. The van der Waals surface area contributed by atoms with E-state index in [1.807, 2.05) is 25.1 Å². The summed E-state index contributed by atoms with van der Waals surface area (Å²) in [6.07, 6.45) is 0.756. The Bertz CT molecular complexity index is 341. The van der Waals surface area contributed by atoms with Crippen molar-refractivity contribution >= 4 is 17.5 Å². The number of hydrogen-bond donors (Lipinski definition) is 2. The number of carbonyl (C=O) groups is 1. The summed E-state index contributed by atoms with van der Waals surface area (Å²) < 4.78 is 0. The standard InChI is InChI=1S/C11H14ClNO2/c1-2-10(13-11(15)7-14)8-4-3-5-9(12)6-8/h3-6,10,14H,2,7H2,1H3,(H,13,15). The van der Waals surface area contributed by atoms with Gasteiger partial charge in [0.2, 0.25) is 5.91 Å². The van der Waals surface area contributed by atoms with Crippen LogP contribution in [-0.2, 0) is 4.79 Å². The molecule has 1 unspecified atom stereocenters. The molecule has 15 heavy (non-hydrogen) atoms. The van der Waals surface area contributed by atoms with Gasteiger partial charge in [0.05, 0.1) is 6.04 Å². The van der Waals surface area contributed by atoms with Crippen molar-refractivity contribution in [3.63, 3.8) is 0 Å². The van der Waals surface area contributed by atoms with Gasteiger partial charge >= 0.3 is 0 Å². The van der Waals surface area contributed by atoms with Crippen LogP contribution in [-0.4, -0.2) is 17.6 Å². The van der Waals surface area contributed by atoms with Crippen molar-refractivity contribution in [2.45, 2.75) is 19.4 Å². The molecule has 2 N–H and O–H groups in total. The van der Waals surface area contributed by atoms with Crippen molar-refractivity contribution in [3.8, 4) is 0 Å². The number of hydrogen-bond acceptors (Lipinski definition) is 2. The highest BCUT2D eigenvalue weighted by molar-refractivity contribution is 6.30. The van der Waals surface area contributed by atoms with Crippen LogP contribution in [0.3, 0.4) is 0 Å². The smallest absolute Gasteiger partial charge is 0.246 e. The first-order valence-corrected chi connectivity index (χ1v) is 5.20. The van der Waals surface area contributed by atoms with Crippen LogP contribution in [0.5, 0.6) is 0 Å². The molecule has 0 spiro atoms. The van der Waals surface area contributed by atoms with Gasteiger partial charge in [0.15, 0.2) is 0 Å². The average Bonchev–Trinajstić information content (AvgIpc) is 2.25. The number of benzene rings is 1. The van der Waals surface area contributed by atoms with Crippen LogP contribution in [0.15, 0.2) is 24.3 Å². The topological polar surface area (TPSA) is 49.3 Å². The Morgan fingerprint density at radius 1 is 1.60 bits per heavy atom. The van der Waals surface area contributed by atoms with Crippen molar-refractivity contribution in [2.75, 3.05) is 6.61 Å². The minimum absolute atomic E-state index is 0.0941. The summed E-state index contributed by atoms with van der Waals surface area (Å²) in [5, 5.41) is 12.0. The Kier molecular flexibility index (Phi) is 4.59. The Balaban J connectivity index is 2.78. The zero-order valence-corrected chi connectivity index (χ0v) is 9.29. The highest BCUT2D eigenvalue weighted by Gasteiger charge is 2.11. The molecular weight excluding hydrogens is 214 g/mol. The normalized spacial score (nSPS) is 12.2. The van der Waals surface area contributed by atoms with Gasteiger partial charge in [0, 0.05) is 5.02 Å². The van der Waals surface area contributed by atoms with Crippen LogP contribution in [0, 0.1) is 0 Å². The molecule has 4 heteroatoms. The lowest BCUT2D eigenvalue weighted by molar-refractivity contribution is -0.124. The fraction of sp³-hybridized carbons (Fsp3) is 0.364. The van der Waals surface area contributed by atoms with Crippen molar-refractivity contribution in [3.05, 3.63) is 34.9 Å². The molecule has 82 valence electrons. The molecule has 0 saturated heterocycles. The predicted octanol–water partition coefficient (Wildman–Crippen LogP) is 1.90. The Morgan fingerprint density at radius 3 is 2.87 bits per heavy atom. The van der Waals surface area contributed by atoms with Gasteiger partial charge in [-0.15, -0.1) is 0 Å². The average molecular weight is 228 g/mol. The maximum atomic E-state index is 11.0. The van der Waals surface area contributed by atoms with E-state index >= 15 is 0 Å². The number of aliphatic hydroxyl groups is 1. The van der Waals surface area contributed by atoms with Crippen molar-refractivity contribution < 1.29 is 9.90 Å². The number of amides is 1. The molecule has 0 radical (unpaired) electrons. The van der Waals surface area contributed by atoms with Crippen LogP contribution in [0.25, 0.3) is 0 Å². The Morgan fingerprint density at radius 2 is 2.33 bits per heavy atom. The highest BCUT2D eigenvalue weighted by atomic mass is 35.5. The molecule has 1 amide bonds. The zero-order chi connectivity index (χ0) is 11.3. The first-order valence-electron chi connectivity index (χ1n) is 4.83. The second kappa shape index (κ2) is 5.73. The van der Waals surface area contributed by atoms with Crippen molar-refractivity contribution in [1.82, 2.24) is 5.32 Å². The molecule has 0 heterocycles. The van der Waals surface area contributed by atoms with E-state index in [4.69, 9.17) is 16.7 Å². The molecule has 0 aliphatic carbocycles. The molecule has 0 aromatic heterocycles. The summed E-state index contributed by atoms with van der Waals surface area (Å²) >= 11 is 5.85. The van der Waals surface area contributed by atoms with Crippen molar-refractivity contribution in [2.24, 2.45) is 0 Å². The quantitative estimate of drug-likeness (QED) is 0.826. The van der Waals surface area contributed by atoms with E-state index < -0.39 is 6.61 Å². The maximum Gasteiger partial charge on any atom is 0.246 e. The van der Waals surface area contributed by atoms with Crippen LogP contribution >= 0.6 is 11.6 Å². The van der Waals surface area contributed by atoms with Crippen molar-refractivity contribution in [1.29, 1.82) is 0 Å². The van der Waals surface area contributed by atoms with E-state index in [1.54, 1.807) is 6.07 Å². The molecule has 0 aliphatic heterocycles. The number of aliphatic hydroxyl groups excluding tert-OH is 1. The maximum absolute atomic E-state index is 11.0. The zero-order valence-electron chi connectivity index (χ0n) is 8.53. The molecule has 0 saturated carbocycles. The minimum Gasteiger partial charge on any atom is -0.387 e. The molecule has 0 fully saturated rings. The largest absolute Gasteiger partial charge is 0.387 e. The third kappa shape index (κ3) is 3.53. The van der Waals surface area contributed by atoms with E-state index in [9.17, 15) is 4.79 Å². The number of nitrogens with one attached hydrogen (secondary N) is 1. The van der Waals surface area contributed by atoms with Gasteiger partial charge in [0.1, 0.15) is 6.61 Å². The molecule has 0 bridgehead atoms. The summed E-state index contributed by atoms with van der Waals surface area (Å²) in [6.45, 7) is 1.47. The predicted molar refractivity (Wildman–Crippen MR) is 59.7 cm³/mol. The molecule has 1 aromatic carbocycles. The lowest BCUT2D eigenvalue weighted by Crippen LogP contribution is -2.30. The van der Waals surface area contributed by atoms with Crippen LogP contribution < -0.4 is 5.32 Å². The highest BCUT2D eigenvalue weighted by Crippen LogP contribution is 2.19. The first kappa shape index (κ1) is 12.0. The fourth-order valence-corrected chi connectivity index (χ4v) is 1.58. The van der Waals surface area contributed by atoms with Crippen LogP contribution in [0.1, 0.15) is 24.9 Å². The van der Waals surface area contributed by atoms with Crippen LogP contribution in [0.2, 0.25) is 5.02 Å². The summed E-state index contributed by atoms with van der Waals surface area (Å²) in [5.41, 5.74) is 0.951. The Labute approximate surface area is 94.1 Å². The monoisotopic (exact) mass is 227 g/mol. The van der Waals surface area contributed by atoms with E-state index in [2.05, 4.69) is 5.32 Å². The number of rotatable bonds is 4. The summed E-state index contributed by atoms with van der Waals surface area (Å²) in [7, 11) is 0. The molecule has 3 nitrogen and oxygen atoms in total. The summed E-state index contributed by atoms with van der Waals surface area (Å²) in [5.74, 6) is -0.373. The molecule has 1 aromatic rings. The molecule has 0 aliphatic rings. The number of carbonyl (C=O) groups excluding carboxylic acids is 1. The molecular formula is C11H14ClNO2. The number of halogens is 1. The third-order valence-electron chi connectivity index (χ3n) is 2.14. The lowest BCUT2D eigenvalue weighted by Gasteiger charge is -2.16. The molecule has 1 atom stereocenters. The van der Waals surface area contributed by atoms with E-state index in [-0.39, 0.29) is 11.9 Å². The second-order valence-electron chi connectivity index (χ2n) is 3.24. The van der Waals surface area contributed by atoms with Gasteiger partial charge in [-0.05, 0) is 24.1 Å². The second-order valence-corrected chi connectivity index (χ2v) is 3.68. The van der Waals surface area contributed by atoms with E-state index in [0.29, 0.717) is 5.02 Å². The lowest BCUT2D eigenvalue weighted by atomic mass is 10.0. The SMILES string of the molecule is CCC(NC(=O)CO)c1cccc(Cl)c1. The van der Waals surface area contributed by atoms with E-state index in [1.165, 1.54) is 0 Å². The minimum atomic E-state index is -0.489. The van der Waals surface area contributed by atoms with Gasteiger partial charge in [-0.3, -0.25) is 4.79 Å². The van der Waals surface area contributed by atoms with Gasteiger partial charge in [-0.25, -0.2) is 0 Å². The van der Waals surface area contributed by atoms with Gasteiger partial charge in [-0.2, -0.15) is 0 Å². The van der Waals surface area contributed by atoms with E-state index in [0.717, 1.165) is 12.0 Å². The van der Waals surface area contributed by atoms with Gasteiger partial charge in [0.25, 0.3) is 0 Å². The summed E-state index contributed by atoms with van der Waals surface area (Å²) in [4.78, 5) is 11.0. The fourth-order valence-electron chi connectivity index (χ4n) is 1.38. The van der Waals surface area contributed by atoms with Crippen LogP contribution in [0.4, 0.5) is 0 Å². The van der Waals surface area contributed by atoms with Gasteiger partial charge in [-0.1, -0.05) is 30.7 Å². The summed E-state index contributed by atoms with van der Waals surface area (Å²) in [6, 6.07) is 7.24. The third-order valence-corrected chi connectivity index (χ3v) is 2.37. The Hall–Kier alpha value is -1.06.